The lowest BCUT2D eigenvalue weighted by Gasteiger charge is -2.36. The van der Waals surface area contributed by atoms with Gasteiger partial charge in [-0.05, 0) is 45.7 Å². The Morgan fingerprint density at radius 2 is 2.14 bits per heavy atom. The van der Waals surface area contributed by atoms with Crippen LogP contribution in [0.3, 0.4) is 0 Å². The summed E-state index contributed by atoms with van der Waals surface area (Å²) in [6, 6.07) is 5.86. The lowest BCUT2D eigenvalue weighted by atomic mass is 9.65. The zero-order valence-corrected chi connectivity index (χ0v) is 13.3. The molecule has 3 atom stereocenters. The first-order valence-electron chi connectivity index (χ1n) is 7.68. The summed E-state index contributed by atoms with van der Waals surface area (Å²) in [4.78, 5) is 16.9. The van der Waals surface area contributed by atoms with Crippen molar-refractivity contribution in [3.63, 3.8) is 0 Å². The molecule has 3 nitrogen and oxygen atoms in total. The van der Waals surface area contributed by atoms with E-state index >= 15 is 0 Å². The molecule has 0 bridgehead atoms. The molecular formula is C18H23NO2. The van der Waals surface area contributed by atoms with Gasteiger partial charge in [-0.1, -0.05) is 24.1 Å². The van der Waals surface area contributed by atoms with E-state index in [9.17, 15) is 4.79 Å². The molecule has 21 heavy (non-hydrogen) atoms. The monoisotopic (exact) mass is 285 g/mol. The Hall–Kier alpha value is -1.64. The van der Waals surface area contributed by atoms with Crippen molar-refractivity contribution >= 4 is 5.97 Å². The zero-order valence-electron chi connectivity index (χ0n) is 13.3. The average molecular weight is 285 g/mol. The van der Waals surface area contributed by atoms with Crippen LogP contribution in [0, 0.1) is 11.3 Å². The number of carbonyl (C=O) groups is 1. The SMILES string of the molecule is CC(C)=C1CCC2(C)OC(=O)C(Cc3ccccn3)C12C. The number of esters is 1. The molecule has 2 fully saturated rings. The summed E-state index contributed by atoms with van der Waals surface area (Å²) in [5, 5.41) is 0. The van der Waals surface area contributed by atoms with E-state index in [1.165, 1.54) is 11.1 Å². The van der Waals surface area contributed by atoms with Gasteiger partial charge in [0.25, 0.3) is 0 Å². The van der Waals surface area contributed by atoms with Crippen molar-refractivity contribution in [2.24, 2.45) is 11.3 Å². The average Bonchev–Trinajstić information content (AvgIpc) is 2.79. The van der Waals surface area contributed by atoms with Crippen LogP contribution in [0.25, 0.3) is 0 Å². The van der Waals surface area contributed by atoms with Gasteiger partial charge in [0.2, 0.25) is 0 Å². The summed E-state index contributed by atoms with van der Waals surface area (Å²) in [6.45, 7) is 8.60. The van der Waals surface area contributed by atoms with E-state index < -0.39 is 0 Å². The minimum atomic E-state index is -0.365. The molecule has 112 valence electrons. The predicted molar refractivity (Wildman–Crippen MR) is 81.6 cm³/mol. The standard InChI is InChI=1S/C18H23NO2/c1-12(2)14-8-9-17(3)18(14,4)15(16(20)21-17)11-13-7-5-6-10-19-13/h5-7,10,15H,8-9,11H2,1-4H3. The molecular weight excluding hydrogens is 262 g/mol. The maximum absolute atomic E-state index is 12.5. The third-order valence-corrected chi connectivity index (χ3v) is 5.63. The number of fused-ring (bicyclic) bond motifs is 1. The van der Waals surface area contributed by atoms with Crippen LogP contribution in [-0.4, -0.2) is 16.6 Å². The molecule has 0 spiro atoms. The number of nitrogens with zero attached hydrogens (tertiary/aromatic N) is 1. The maximum atomic E-state index is 12.5. The topological polar surface area (TPSA) is 39.2 Å². The van der Waals surface area contributed by atoms with Crippen LogP contribution in [0.2, 0.25) is 0 Å². The lowest BCUT2D eigenvalue weighted by molar-refractivity contribution is -0.150. The van der Waals surface area contributed by atoms with Gasteiger partial charge in [0.15, 0.2) is 0 Å². The van der Waals surface area contributed by atoms with Gasteiger partial charge in [-0.15, -0.1) is 0 Å². The number of pyridine rings is 1. The number of aromatic nitrogens is 1. The van der Waals surface area contributed by atoms with Gasteiger partial charge in [0.05, 0.1) is 5.92 Å². The van der Waals surface area contributed by atoms with E-state index in [-0.39, 0.29) is 22.9 Å². The van der Waals surface area contributed by atoms with Crippen LogP contribution in [0.5, 0.6) is 0 Å². The highest BCUT2D eigenvalue weighted by Gasteiger charge is 2.65. The van der Waals surface area contributed by atoms with Gasteiger partial charge < -0.3 is 4.74 Å². The smallest absolute Gasteiger partial charge is 0.310 e. The van der Waals surface area contributed by atoms with E-state index in [1.807, 2.05) is 18.2 Å². The number of hydrogen-bond acceptors (Lipinski definition) is 3. The Bertz CT molecular complexity index is 603. The van der Waals surface area contributed by atoms with Crippen molar-refractivity contribution in [2.45, 2.75) is 52.6 Å². The largest absolute Gasteiger partial charge is 0.458 e. The minimum Gasteiger partial charge on any atom is -0.458 e. The molecule has 3 rings (SSSR count). The highest BCUT2D eigenvalue weighted by Crippen LogP contribution is 2.62. The van der Waals surface area contributed by atoms with Crippen LogP contribution >= 0.6 is 0 Å². The first-order chi connectivity index (χ1) is 9.88. The predicted octanol–water partition coefficient (Wildman–Crippen LogP) is 3.69. The highest BCUT2D eigenvalue weighted by molar-refractivity contribution is 5.79. The lowest BCUT2D eigenvalue weighted by Crippen LogP contribution is -2.40. The van der Waals surface area contributed by atoms with Crippen LogP contribution < -0.4 is 0 Å². The van der Waals surface area contributed by atoms with Crippen molar-refractivity contribution in [1.29, 1.82) is 0 Å². The molecule has 0 radical (unpaired) electrons. The Balaban J connectivity index is 2.03. The molecule has 0 aromatic carbocycles. The molecule has 3 unspecified atom stereocenters. The fourth-order valence-corrected chi connectivity index (χ4v) is 4.25. The Labute approximate surface area is 126 Å². The second-order valence-corrected chi connectivity index (χ2v) is 6.91. The molecule has 1 aromatic rings. The summed E-state index contributed by atoms with van der Waals surface area (Å²) in [5.74, 6) is -0.200. The summed E-state index contributed by atoms with van der Waals surface area (Å²) in [5.41, 5.74) is 3.11. The Morgan fingerprint density at radius 3 is 2.76 bits per heavy atom. The van der Waals surface area contributed by atoms with Crippen molar-refractivity contribution in [2.75, 3.05) is 0 Å². The Morgan fingerprint density at radius 1 is 1.38 bits per heavy atom. The summed E-state index contributed by atoms with van der Waals surface area (Å²) < 4.78 is 5.84. The van der Waals surface area contributed by atoms with Gasteiger partial charge in [0, 0.05) is 23.7 Å². The van der Waals surface area contributed by atoms with Crippen LogP contribution in [0.4, 0.5) is 0 Å². The zero-order chi connectivity index (χ0) is 15.3. The number of hydrogen-bond donors (Lipinski definition) is 0. The van der Waals surface area contributed by atoms with Crippen LogP contribution in [-0.2, 0) is 16.0 Å². The van der Waals surface area contributed by atoms with Crippen molar-refractivity contribution in [1.82, 2.24) is 4.98 Å². The van der Waals surface area contributed by atoms with Crippen molar-refractivity contribution in [3.8, 4) is 0 Å². The van der Waals surface area contributed by atoms with E-state index in [0.717, 1.165) is 18.5 Å². The van der Waals surface area contributed by atoms with E-state index in [1.54, 1.807) is 6.20 Å². The molecule has 1 saturated carbocycles. The van der Waals surface area contributed by atoms with E-state index in [4.69, 9.17) is 4.74 Å². The highest BCUT2D eigenvalue weighted by atomic mass is 16.6. The van der Waals surface area contributed by atoms with Gasteiger partial charge in [-0.2, -0.15) is 0 Å². The second kappa shape index (κ2) is 4.69. The molecule has 1 aromatic heterocycles. The molecule has 1 saturated heterocycles. The van der Waals surface area contributed by atoms with Gasteiger partial charge in [0.1, 0.15) is 5.60 Å². The van der Waals surface area contributed by atoms with Crippen molar-refractivity contribution < 1.29 is 9.53 Å². The van der Waals surface area contributed by atoms with Gasteiger partial charge >= 0.3 is 5.97 Å². The molecule has 1 aliphatic carbocycles. The fraction of sp³-hybridized carbons (Fsp3) is 0.556. The normalized spacial score (nSPS) is 34.8. The molecule has 2 heterocycles. The molecule has 0 N–H and O–H groups in total. The molecule has 3 heteroatoms. The second-order valence-electron chi connectivity index (χ2n) is 6.91. The number of rotatable bonds is 2. The maximum Gasteiger partial charge on any atom is 0.310 e. The third kappa shape index (κ3) is 1.94. The van der Waals surface area contributed by atoms with Crippen molar-refractivity contribution in [3.05, 3.63) is 41.2 Å². The third-order valence-electron chi connectivity index (χ3n) is 5.63. The number of carbonyl (C=O) groups excluding carboxylic acids is 1. The van der Waals surface area contributed by atoms with E-state index in [0.29, 0.717) is 6.42 Å². The van der Waals surface area contributed by atoms with E-state index in [2.05, 4.69) is 32.7 Å². The molecule has 0 amide bonds. The van der Waals surface area contributed by atoms with Gasteiger partial charge in [-0.3, -0.25) is 9.78 Å². The van der Waals surface area contributed by atoms with Gasteiger partial charge in [-0.25, -0.2) is 0 Å². The quantitative estimate of drug-likeness (QED) is 0.614. The minimum absolute atomic E-state index is 0.0656. The number of allylic oxidation sites excluding steroid dienone is 1. The Kier molecular flexibility index (Phi) is 3.19. The fourth-order valence-electron chi connectivity index (χ4n) is 4.25. The summed E-state index contributed by atoms with van der Waals surface area (Å²) >= 11 is 0. The summed E-state index contributed by atoms with van der Waals surface area (Å²) in [7, 11) is 0. The number of ether oxygens (including phenoxy) is 1. The first-order valence-corrected chi connectivity index (χ1v) is 7.68. The van der Waals surface area contributed by atoms with Crippen LogP contribution in [0.15, 0.2) is 35.5 Å². The molecule has 1 aliphatic heterocycles. The first kappa shape index (κ1) is 14.3. The van der Waals surface area contributed by atoms with Crippen LogP contribution in [0.1, 0.15) is 46.2 Å². The summed E-state index contributed by atoms with van der Waals surface area (Å²) in [6.07, 6.45) is 4.39. The molecule has 2 aliphatic rings.